The molecule has 3 rings (SSSR count). The minimum Gasteiger partial charge on any atom is -0.339 e. The molecule has 2 aliphatic rings. The van der Waals surface area contributed by atoms with E-state index < -0.39 is 0 Å². The number of hydrogen-bond acceptors (Lipinski definition) is 5. The Morgan fingerprint density at radius 1 is 1.25 bits per heavy atom. The van der Waals surface area contributed by atoms with Crippen LogP contribution in [0.15, 0.2) is 29.4 Å². The molecule has 0 radical (unpaired) electrons. The zero-order valence-corrected chi connectivity index (χ0v) is 15.5. The number of carbonyl (C=O) groups excluding carboxylic acids is 1. The molecule has 24 heavy (non-hydrogen) atoms. The first-order valence-corrected chi connectivity index (χ1v) is 9.80. The van der Waals surface area contributed by atoms with Crippen molar-refractivity contribution < 1.29 is 4.79 Å². The van der Waals surface area contributed by atoms with Gasteiger partial charge < -0.3 is 9.80 Å². The van der Waals surface area contributed by atoms with Gasteiger partial charge in [0.05, 0.1) is 10.3 Å². The number of carbonyl (C=O) groups is 1. The van der Waals surface area contributed by atoms with Gasteiger partial charge in [-0.25, -0.2) is 4.98 Å². The maximum Gasteiger partial charge on any atom is 0.235 e. The summed E-state index contributed by atoms with van der Waals surface area (Å²) in [6.45, 7) is 8.09. The maximum atomic E-state index is 12.7. The second-order valence-corrected chi connectivity index (χ2v) is 8.21. The minimum atomic E-state index is -0.0766. The summed E-state index contributed by atoms with van der Waals surface area (Å²) in [5.41, 5.74) is 0. The van der Waals surface area contributed by atoms with Crippen molar-refractivity contribution in [2.24, 2.45) is 0 Å². The first kappa shape index (κ1) is 17.7. The third kappa shape index (κ3) is 4.49. The van der Waals surface area contributed by atoms with Crippen LogP contribution in [0, 0.1) is 0 Å². The van der Waals surface area contributed by atoms with Crippen molar-refractivity contribution in [1.82, 2.24) is 19.7 Å². The van der Waals surface area contributed by atoms with E-state index in [2.05, 4.69) is 21.8 Å². The van der Waals surface area contributed by atoms with Gasteiger partial charge in [0.1, 0.15) is 0 Å². The van der Waals surface area contributed by atoms with Crippen molar-refractivity contribution in [3.63, 3.8) is 0 Å². The lowest BCUT2D eigenvalue weighted by Gasteiger charge is -2.43. The molecule has 0 unspecified atom stereocenters. The lowest BCUT2D eigenvalue weighted by molar-refractivity contribution is -0.132. The molecular formula is C18H28N4OS. The minimum absolute atomic E-state index is 0.0766. The van der Waals surface area contributed by atoms with E-state index >= 15 is 0 Å². The molecule has 6 heteroatoms. The number of piperidine rings is 1. The lowest BCUT2D eigenvalue weighted by atomic mass is 10.0. The van der Waals surface area contributed by atoms with E-state index in [1.54, 1.807) is 18.0 Å². The van der Waals surface area contributed by atoms with Crippen molar-refractivity contribution in [1.29, 1.82) is 0 Å². The molecule has 0 aliphatic carbocycles. The molecule has 0 aromatic carbocycles. The Balaban J connectivity index is 1.48. The molecule has 0 spiro atoms. The van der Waals surface area contributed by atoms with Crippen LogP contribution in [0.5, 0.6) is 0 Å². The highest BCUT2D eigenvalue weighted by Gasteiger charge is 2.30. The second-order valence-electron chi connectivity index (χ2n) is 6.85. The average Bonchev–Trinajstić information content (AvgIpc) is 2.62. The average molecular weight is 349 g/mol. The highest BCUT2D eigenvalue weighted by molar-refractivity contribution is 8.00. The highest BCUT2D eigenvalue weighted by Crippen LogP contribution is 2.23. The molecule has 0 saturated carbocycles. The van der Waals surface area contributed by atoms with Crippen molar-refractivity contribution in [2.45, 2.75) is 36.1 Å². The van der Waals surface area contributed by atoms with Gasteiger partial charge in [0.25, 0.3) is 0 Å². The van der Waals surface area contributed by atoms with E-state index in [0.717, 1.165) is 31.2 Å². The molecule has 1 amide bonds. The largest absolute Gasteiger partial charge is 0.339 e. The van der Waals surface area contributed by atoms with E-state index in [0.29, 0.717) is 6.04 Å². The van der Waals surface area contributed by atoms with Gasteiger partial charge in [-0.2, -0.15) is 0 Å². The molecular weight excluding hydrogens is 320 g/mol. The summed E-state index contributed by atoms with van der Waals surface area (Å²) in [4.78, 5) is 24.0. The quantitative estimate of drug-likeness (QED) is 0.776. The van der Waals surface area contributed by atoms with Gasteiger partial charge >= 0.3 is 0 Å². The number of amides is 1. The number of hydrogen-bond donors (Lipinski definition) is 0. The fraction of sp³-hybridized carbons (Fsp3) is 0.667. The molecule has 5 nitrogen and oxygen atoms in total. The number of nitrogens with zero attached hydrogens (tertiary/aromatic N) is 4. The van der Waals surface area contributed by atoms with E-state index in [4.69, 9.17) is 0 Å². The molecule has 132 valence electrons. The van der Waals surface area contributed by atoms with Crippen LogP contribution in [-0.2, 0) is 4.79 Å². The zero-order chi connectivity index (χ0) is 16.9. The number of pyridine rings is 1. The third-order valence-electron chi connectivity index (χ3n) is 5.02. The topological polar surface area (TPSA) is 39.7 Å². The fourth-order valence-corrected chi connectivity index (χ4v) is 4.54. The molecule has 1 aromatic rings. The Morgan fingerprint density at radius 2 is 2.04 bits per heavy atom. The van der Waals surface area contributed by atoms with Gasteiger partial charge in [-0.1, -0.05) is 17.8 Å². The van der Waals surface area contributed by atoms with Gasteiger partial charge in [-0.3, -0.25) is 9.69 Å². The summed E-state index contributed by atoms with van der Waals surface area (Å²) >= 11 is 1.55. The van der Waals surface area contributed by atoms with E-state index in [9.17, 15) is 4.79 Å². The van der Waals surface area contributed by atoms with Gasteiger partial charge in [0.15, 0.2) is 0 Å². The predicted octanol–water partition coefficient (Wildman–Crippen LogP) is 1.80. The Labute approximate surface area is 149 Å². The molecule has 3 heterocycles. The van der Waals surface area contributed by atoms with Gasteiger partial charge in [0.2, 0.25) is 5.91 Å². The molecule has 2 saturated heterocycles. The summed E-state index contributed by atoms with van der Waals surface area (Å²) < 4.78 is 0. The Bertz CT molecular complexity index is 533. The van der Waals surface area contributed by atoms with Crippen LogP contribution in [0.3, 0.4) is 0 Å². The van der Waals surface area contributed by atoms with Gasteiger partial charge in [-0.05, 0) is 45.5 Å². The molecule has 2 aliphatic heterocycles. The van der Waals surface area contributed by atoms with E-state index in [-0.39, 0.29) is 11.2 Å². The summed E-state index contributed by atoms with van der Waals surface area (Å²) in [7, 11) is 2.21. The van der Waals surface area contributed by atoms with Crippen molar-refractivity contribution in [2.75, 3.05) is 46.3 Å². The number of aromatic nitrogens is 1. The molecule has 2 atom stereocenters. The first-order valence-electron chi connectivity index (χ1n) is 8.92. The van der Waals surface area contributed by atoms with Crippen LogP contribution >= 0.6 is 11.8 Å². The lowest BCUT2D eigenvalue weighted by Crippen LogP contribution is -2.56. The van der Waals surface area contributed by atoms with Crippen molar-refractivity contribution in [3.8, 4) is 0 Å². The van der Waals surface area contributed by atoms with Crippen LogP contribution in [-0.4, -0.2) is 83.2 Å². The number of piperazine rings is 1. The molecule has 0 bridgehead atoms. The van der Waals surface area contributed by atoms with Crippen LogP contribution in [0.1, 0.15) is 19.8 Å². The predicted molar refractivity (Wildman–Crippen MR) is 98.2 cm³/mol. The SMILES string of the molecule is C[C@@H](Sc1ccccn1)C(=O)N1CCN([C@@H]2CCCN(C)C2)CC1. The van der Waals surface area contributed by atoms with Crippen molar-refractivity contribution >= 4 is 17.7 Å². The number of likely N-dealkylation sites (tertiary alicyclic amines) is 1. The van der Waals surface area contributed by atoms with Crippen LogP contribution in [0.2, 0.25) is 0 Å². The summed E-state index contributed by atoms with van der Waals surface area (Å²) in [5, 5.41) is 0.842. The Morgan fingerprint density at radius 3 is 2.71 bits per heavy atom. The molecule has 0 N–H and O–H groups in total. The standard InChI is InChI=1S/C18H28N4OS/c1-15(24-17-7-3-4-8-19-17)18(23)22-12-10-21(11-13-22)16-6-5-9-20(2)14-16/h3-4,7-8,15-16H,5-6,9-14H2,1-2H3/t15-,16-/m1/s1. The first-order chi connectivity index (χ1) is 11.6. The fourth-order valence-electron chi connectivity index (χ4n) is 3.65. The van der Waals surface area contributed by atoms with Crippen LogP contribution in [0.4, 0.5) is 0 Å². The maximum absolute atomic E-state index is 12.7. The number of likely N-dealkylation sites (N-methyl/N-ethyl adjacent to an activating group) is 1. The third-order valence-corrected chi connectivity index (χ3v) is 6.06. The zero-order valence-electron chi connectivity index (χ0n) is 14.7. The Kier molecular flexibility index (Phi) is 6.14. The summed E-state index contributed by atoms with van der Waals surface area (Å²) in [6.07, 6.45) is 4.36. The number of thioether (sulfide) groups is 1. The summed E-state index contributed by atoms with van der Waals surface area (Å²) in [5.74, 6) is 0.242. The van der Waals surface area contributed by atoms with E-state index in [1.165, 1.54) is 25.9 Å². The number of rotatable bonds is 4. The van der Waals surface area contributed by atoms with Gasteiger partial charge in [-0.15, -0.1) is 0 Å². The molecule has 2 fully saturated rings. The smallest absolute Gasteiger partial charge is 0.235 e. The summed E-state index contributed by atoms with van der Waals surface area (Å²) in [6, 6.07) is 6.50. The van der Waals surface area contributed by atoms with Gasteiger partial charge in [0, 0.05) is 45.0 Å². The monoisotopic (exact) mass is 348 g/mol. The Hall–Kier alpha value is -1.11. The van der Waals surface area contributed by atoms with Crippen LogP contribution < -0.4 is 0 Å². The highest BCUT2D eigenvalue weighted by atomic mass is 32.2. The van der Waals surface area contributed by atoms with Crippen molar-refractivity contribution in [3.05, 3.63) is 24.4 Å². The molecule has 1 aromatic heterocycles. The normalized spacial score (nSPS) is 24.8. The van der Waals surface area contributed by atoms with Crippen LogP contribution in [0.25, 0.3) is 0 Å². The van der Waals surface area contributed by atoms with E-state index in [1.807, 2.05) is 30.0 Å². The second kappa shape index (κ2) is 8.32.